The molecule has 0 aliphatic heterocycles. The topological polar surface area (TPSA) is 0 Å². The molecular weight excluding hydrogens is 371 g/mol. The Balaban J connectivity index is 2.24. The van der Waals surface area contributed by atoms with Crippen molar-refractivity contribution in [2.24, 2.45) is 0 Å². The number of hydrogen-bond donors (Lipinski definition) is 0. The molecule has 0 atom stereocenters. The highest BCUT2D eigenvalue weighted by Gasteiger charge is 2.33. The summed E-state index contributed by atoms with van der Waals surface area (Å²) in [6, 6.07) is 23.6. The molecule has 0 unspecified atom stereocenters. The lowest BCUT2D eigenvalue weighted by Crippen LogP contribution is -2.52. The quantitative estimate of drug-likeness (QED) is 0.275. The lowest BCUT2D eigenvalue weighted by Gasteiger charge is -2.26. The first-order chi connectivity index (χ1) is 9.77. The Morgan fingerprint density at radius 1 is 0.750 bits per heavy atom. The molecule has 0 aliphatic rings. The largest absolute Gasteiger partial charge is 0.186 e. The Hall–Kier alpha value is -0.613. The van der Waals surface area contributed by atoms with Gasteiger partial charge < -0.3 is 0 Å². The van der Waals surface area contributed by atoms with Gasteiger partial charge in [0.1, 0.15) is 0 Å². The summed E-state index contributed by atoms with van der Waals surface area (Å²) >= 11 is 2.80. The number of hydrogen-bond acceptors (Lipinski definition) is 0. The van der Waals surface area contributed by atoms with Crippen molar-refractivity contribution in [3.8, 4) is 0 Å². The van der Waals surface area contributed by atoms with Crippen LogP contribution in [0, 0.1) is 0 Å². The lowest BCUT2D eigenvalue weighted by molar-refractivity contribution is 0.699. The monoisotopic (exact) mass is 394 g/mol. The third-order valence-corrected chi connectivity index (χ3v) is 12.7. The molecule has 2 rings (SSSR count). The molecule has 0 spiro atoms. The minimum Gasteiger partial charge on any atom is -0.106 e. The molecule has 2 aromatic carbocycles. The molecule has 0 heterocycles. The maximum Gasteiger partial charge on any atom is 0.186 e. The molecule has 0 saturated heterocycles. The number of halogens is 1. The maximum absolute atomic E-state index is 2.80. The number of rotatable bonds is 7. The summed E-state index contributed by atoms with van der Waals surface area (Å²) in [6.07, 6.45) is 5.40. The molecular formula is C18H23ISi. The first-order valence-electron chi connectivity index (χ1n) is 7.57. The van der Waals surface area contributed by atoms with Crippen molar-refractivity contribution in [1.29, 1.82) is 0 Å². The van der Waals surface area contributed by atoms with Gasteiger partial charge in [-0.15, -0.1) is 21.8 Å². The van der Waals surface area contributed by atoms with Gasteiger partial charge in [0, 0.05) is 0 Å². The highest BCUT2D eigenvalue weighted by Crippen LogP contribution is 2.22. The summed E-state index contributed by atoms with van der Waals surface area (Å²) in [5, 5.41) is 3.12. The molecule has 0 radical (unpaired) electrons. The van der Waals surface area contributed by atoms with Crippen LogP contribution in [-0.4, -0.2) is 5.57 Å². The van der Waals surface area contributed by atoms with Gasteiger partial charge in [0.15, 0.2) is 5.57 Å². The van der Waals surface area contributed by atoms with Crippen molar-refractivity contribution in [3.63, 3.8) is 0 Å². The smallest absolute Gasteiger partial charge is 0.106 e. The number of unbranched alkanes of at least 4 members (excludes halogenated alkanes) is 3. The summed E-state index contributed by atoms with van der Waals surface area (Å²) < 4.78 is 0. The van der Waals surface area contributed by atoms with Gasteiger partial charge in [-0.2, -0.15) is 0 Å². The van der Waals surface area contributed by atoms with Gasteiger partial charge in [0.05, 0.1) is 0 Å². The standard InChI is InChI=1S/C18H23ISi/c1-2-3-4-11-16-20(19,17-12-7-5-8-13-17)18-14-9-6-10-15-18/h5-10,12-15H,2-4,11,16H2,1H3. The normalized spacial score (nSPS) is 11.5. The SMILES string of the molecule is CCCCCC[Si](I)(c1ccccc1)c1ccccc1. The Morgan fingerprint density at radius 3 is 1.70 bits per heavy atom. The van der Waals surface area contributed by atoms with Gasteiger partial charge >= 0.3 is 0 Å². The van der Waals surface area contributed by atoms with Gasteiger partial charge in [0.2, 0.25) is 0 Å². The summed E-state index contributed by atoms with van der Waals surface area (Å²) in [4.78, 5) is 0. The minimum atomic E-state index is -1.58. The molecule has 0 aliphatic carbocycles. The van der Waals surface area contributed by atoms with Crippen LogP contribution in [0.5, 0.6) is 0 Å². The molecule has 0 fully saturated rings. The van der Waals surface area contributed by atoms with E-state index in [0.717, 1.165) is 0 Å². The van der Waals surface area contributed by atoms with Crippen molar-refractivity contribution in [2.45, 2.75) is 38.7 Å². The third kappa shape index (κ3) is 3.95. The van der Waals surface area contributed by atoms with Crippen molar-refractivity contribution in [2.75, 3.05) is 0 Å². The fourth-order valence-corrected chi connectivity index (χ4v) is 9.05. The zero-order chi connectivity index (χ0) is 14.3. The first-order valence-corrected chi connectivity index (χ1v) is 12.9. The van der Waals surface area contributed by atoms with Gasteiger partial charge in [-0.05, 0) is 16.4 Å². The van der Waals surface area contributed by atoms with Crippen LogP contribution >= 0.6 is 21.8 Å². The van der Waals surface area contributed by atoms with E-state index in [1.54, 1.807) is 10.4 Å². The predicted molar refractivity (Wildman–Crippen MR) is 101 cm³/mol. The molecule has 0 nitrogen and oxygen atoms in total. The predicted octanol–water partition coefficient (Wildman–Crippen LogP) is 4.76. The van der Waals surface area contributed by atoms with Gasteiger partial charge in [-0.1, -0.05) is 93.3 Å². The Bertz CT molecular complexity index is 456. The lowest BCUT2D eigenvalue weighted by atomic mass is 10.2. The summed E-state index contributed by atoms with van der Waals surface area (Å²) in [7, 11) is 0. The van der Waals surface area contributed by atoms with E-state index in [-0.39, 0.29) is 0 Å². The average molecular weight is 394 g/mol. The average Bonchev–Trinajstić information content (AvgIpc) is 2.53. The van der Waals surface area contributed by atoms with E-state index in [4.69, 9.17) is 0 Å². The van der Waals surface area contributed by atoms with E-state index in [2.05, 4.69) is 89.4 Å². The molecule has 0 amide bonds. The summed E-state index contributed by atoms with van der Waals surface area (Å²) in [6.45, 7) is 2.28. The molecule has 20 heavy (non-hydrogen) atoms. The van der Waals surface area contributed by atoms with Gasteiger partial charge in [-0.3, -0.25) is 0 Å². The molecule has 0 saturated carbocycles. The highest BCUT2D eigenvalue weighted by molar-refractivity contribution is 14.1. The number of benzene rings is 2. The molecule has 0 N–H and O–H groups in total. The summed E-state index contributed by atoms with van der Waals surface area (Å²) in [5.41, 5.74) is -1.58. The van der Waals surface area contributed by atoms with Crippen molar-refractivity contribution in [3.05, 3.63) is 60.7 Å². The zero-order valence-corrected chi connectivity index (χ0v) is 15.3. The van der Waals surface area contributed by atoms with Crippen molar-refractivity contribution < 1.29 is 0 Å². The molecule has 106 valence electrons. The molecule has 0 aromatic heterocycles. The Labute approximate surface area is 136 Å². The third-order valence-electron chi connectivity index (χ3n) is 3.84. The van der Waals surface area contributed by atoms with Gasteiger partial charge in [0.25, 0.3) is 0 Å². The maximum atomic E-state index is 2.80. The van der Waals surface area contributed by atoms with Crippen LogP contribution in [0.2, 0.25) is 6.04 Å². The van der Waals surface area contributed by atoms with Crippen LogP contribution in [0.15, 0.2) is 60.7 Å². The van der Waals surface area contributed by atoms with Crippen LogP contribution in [0.3, 0.4) is 0 Å². The Kier molecular flexibility index (Phi) is 6.29. The van der Waals surface area contributed by atoms with E-state index >= 15 is 0 Å². The van der Waals surface area contributed by atoms with Crippen LogP contribution in [0.25, 0.3) is 0 Å². The van der Waals surface area contributed by atoms with Crippen LogP contribution in [-0.2, 0) is 0 Å². The fourth-order valence-electron chi connectivity index (χ4n) is 2.66. The van der Waals surface area contributed by atoms with E-state index in [1.807, 2.05) is 0 Å². The van der Waals surface area contributed by atoms with Crippen LogP contribution in [0.4, 0.5) is 0 Å². The second-order valence-electron chi connectivity index (χ2n) is 5.34. The zero-order valence-electron chi connectivity index (χ0n) is 12.2. The fraction of sp³-hybridized carbons (Fsp3) is 0.333. The van der Waals surface area contributed by atoms with Crippen LogP contribution in [0.1, 0.15) is 32.6 Å². The van der Waals surface area contributed by atoms with Crippen molar-refractivity contribution in [1.82, 2.24) is 0 Å². The molecule has 0 bridgehead atoms. The second-order valence-corrected chi connectivity index (χ2v) is 14.1. The van der Waals surface area contributed by atoms with E-state index in [0.29, 0.717) is 0 Å². The first kappa shape index (κ1) is 15.8. The van der Waals surface area contributed by atoms with E-state index < -0.39 is 5.57 Å². The van der Waals surface area contributed by atoms with E-state index in [9.17, 15) is 0 Å². The summed E-state index contributed by atoms with van der Waals surface area (Å²) in [5.74, 6) is 0. The second kappa shape index (κ2) is 7.98. The molecule has 2 heteroatoms. The van der Waals surface area contributed by atoms with E-state index in [1.165, 1.54) is 31.7 Å². The Morgan fingerprint density at radius 2 is 1.25 bits per heavy atom. The van der Waals surface area contributed by atoms with Crippen molar-refractivity contribution >= 4 is 37.7 Å². The highest BCUT2D eigenvalue weighted by atomic mass is 127. The van der Waals surface area contributed by atoms with Gasteiger partial charge in [-0.25, -0.2) is 0 Å². The van der Waals surface area contributed by atoms with Crippen LogP contribution < -0.4 is 10.4 Å². The molecule has 2 aromatic rings. The minimum absolute atomic E-state index is 1.31.